The number of hydrogen-bond donors (Lipinski definition) is 2. The number of rotatable bonds is 5. The summed E-state index contributed by atoms with van der Waals surface area (Å²) in [5, 5.41) is 21.6. The van der Waals surface area contributed by atoms with Crippen LogP contribution in [0.4, 0.5) is 0 Å². The molecule has 2 aromatic carbocycles. The molecule has 0 saturated carbocycles. The summed E-state index contributed by atoms with van der Waals surface area (Å²) in [6.45, 7) is 1.72. The largest absolute Gasteiger partial charge is 0.504 e. The number of hydrogen-bond acceptors (Lipinski definition) is 6. The molecule has 1 atom stereocenters. The van der Waals surface area contributed by atoms with Crippen molar-refractivity contribution < 1.29 is 14.6 Å². The van der Waals surface area contributed by atoms with Gasteiger partial charge in [0.05, 0.1) is 18.8 Å². The molecule has 0 aliphatic heterocycles. The van der Waals surface area contributed by atoms with Gasteiger partial charge >= 0.3 is 0 Å². The molecule has 8 heteroatoms. The number of aromatic nitrogens is 3. The van der Waals surface area contributed by atoms with Crippen molar-refractivity contribution in [2.75, 3.05) is 7.11 Å². The number of para-hydroxylation sites is 1. The average Bonchev–Trinajstić information content (AvgIpc) is 3.06. The minimum atomic E-state index is -0.570. The number of aromatic hydroxyl groups is 1. The Bertz CT molecular complexity index is 935. The van der Waals surface area contributed by atoms with Gasteiger partial charge in [-0.15, -0.1) is 5.10 Å². The highest BCUT2D eigenvalue weighted by atomic mass is 16.5. The van der Waals surface area contributed by atoms with Crippen LogP contribution in [0.15, 0.2) is 47.6 Å². The van der Waals surface area contributed by atoms with Crippen LogP contribution in [-0.4, -0.2) is 39.3 Å². The minimum absolute atomic E-state index is 0.0374. The summed E-state index contributed by atoms with van der Waals surface area (Å²) in [6.07, 6.45) is 1.46. The highest BCUT2D eigenvalue weighted by Gasteiger charge is 2.18. The van der Waals surface area contributed by atoms with Gasteiger partial charge in [0.2, 0.25) is 0 Å². The van der Waals surface area contributed by atoms with E-state index in [9.17, 15) is 9.90 Å². The first-order valence-corrected chi connectivity index (χ1v) is 7.60. The molecule has 0 fully saturated rings. The van der Waals surface area contributed by atoms with E-state index >= 15 is 0 Å². The molecule has 0 bridgehead atoms. The molecule has 25 heavy (non-hydrogen) atoms. The Kier molecular flexibility index (Phi) is 4.60. The van der Waals surface area contributed by atoms with E-state index < -0.39 is 6.04 Å². The van der Waals surface area contributed by atoms with Crippen molar-refractivity contribution in [3.63, 3.8) is 0 Å². The number of phenolic OH excluding ortho intramolecular Hbond substituents is 1. The van der Waals surface area contributed by atoms with E-state index in [1.54, 1.807) is 23.7 Å². The zero-order valence-electron chi connectivity index (χ0n) is 13.7. The molecule has 0 unspecified atom stereocenters. The Morgan fingerprint density at radius 3 is 2.96 bits per heavy atom. The van der Waals surface area contributed by atoms with Gasteiger partial charge in [0.25, 0.3) is 5.91 Å². The van der Waals surface area contributed by atoms with Gasteiger partial charge in [-0.2, -0.15) is 5.10 Å². The summed E-state index contributed by atoms with van der Waals surface area (Å²) in [4.78, 5) is 12.3. The van der Waals surface area contributed by atoms with E-state index in [2.05, 4.69) is 20.8 Å². The van der Waals surface area contributed by atoms with Crippen LogP contribution in [0.5, 0.6) is 11.5 Å². The number of hydrazone groups is 1. The fourth-order valence-corrected chi connectivity index (χ4v) is 2.32. The molecule has 128 valence electrons. The lowest BCUT2D eigenvalue weighted by atomic mass is 10.2. The molecule has 3 rings (SSSR count). The van der Waals surface area contributed by atoms with Gasteiger partial charge in [-0.3, -0.25) is 4.79 Å². The Hall–Kier alpha value is -3.42. The molecule has 1 amide bonds. The zero-order chi connectivity index (χ0) is 17.8. The molecule has 3 aromatic rings. The third-order valence-corrected chi connectivity index (χ3v) is 3.72. The number of methoxy groups -OCH3 is 1. The monoisotopic (exact) mass is 339 g/mol. The van der Waals surface area contributed by atoms with Crippen molar-refractivity contribution in [1.82, 2.24) is 20.4 Å². The summed E-state index contributed by atoms with van der Waals surface area (Å²) in [7, 11) is 1.46. The fourth-order valence-electron chi connectivity index (χ4n) is 2.32. The summed E-state index contributed by atoms with van der Waals surface area (Å²) in [6, 6.07) is 11.6. The smallest absolute Gasteiger partial charge is 0.264 e. The second-order valence-electron chi connectivity index (χ2n) is 5.36. The number of ether oxygens (including phenoxy) is 1. The molecular weight excluding hydrogens is 322 g/mol. The Morgan fingerprint density at radius 1 is 1.36 bits per heavy atom. The van der Waals surface area contributed by atoms with Crippen LogP contribution in [-0.2, 0) is 4.79 Å². The number of carbonyl (C=O) groups excluding carboxylic acids is 1. The van der Waals surface area contributed by atoms with Crippen LogP contribution in [0.1, 0.15) is 18.5 Å². The van der Waals surface area contributed by atoms with Crippen LogP contribution in [0, 0.1) is 0 Å². The number of nitrogens with zero attached hydrogens (tertiary/aromatic N) is 4. The summed E-state index contributed by atoms with van der Waals surface area (Å²) < 4.78 is 6.57. The van der Waals surface area contributed by atoms with Gasteiger partial charge in [-0.25, -0.2) is 10.1 Å². The molecule has 0 spiro atoms. The van der Waals surface area contributed by atoms with E-state index in [0.29, 0.717) is 11.3 Å². The average molecular weight is 339 g/mol. The Morgan fingerprint density at radius 2 is 2.16 bits per heavy atom. The predicted molar refractivity (Wildman–Crippen MR) is 92.6 cm³/mol. The standard InChI is InChI=1S/C17H17N5O3/c1-11(22-14-6-4-3-5-13(14)19-21-22)17(24)20-18-10-12-7-8-15(23)16(9-12)25-2/h3-11,23H,1-2H3,(H,20,24)/b18-10+/t11-/m0/s1. The fraction of sp³-hybridized carbons (Fsp3) is 0.176. The molecule has 0 saturated heterocycles. The number of phenols is 1. The van der Waals surface area contributed by atoms with Crippen LogP contribution < -0.4 is 10.2 Å². The number of amides is 1. The molecule has 2 N–H and O–H groups in total. The highest BCUT2D eigenvalue weighted by molar-refractivity contribution is 5.85. The van der Waals surface area contributed by atoms with Gasteiger partial charge in [-0.05, 0) is 42.8 Å². The third kappa shape index (κ3) is 3.42. The molecule has 0 aliphatic carbocycles. The zero-order valence-corrected chi connectivity index (χ0v) is 13.7. The Balaban J connectivity index is 1.69. The normalized spacial score (nSPS) is 12.4. The van der Waals surface area contributed by atoms with Gasteiger partial charge in [0.15, 0.2) is 11.5 Å². The van der Waals surface area contributed by atoms with Crippen molar-refractivity contribution in [2.24, 2.45) is 5.10 Å². The lowest BCUT2D eigenvalue weighted by molar-refractivity contribution is -0.124. The van der Waals surface area contributed by atoms with E-state index in [1.807, 2.05) is 24.3 Å². The first-order valence-electron chi connectivity index (χ1n) is 7.60. The van der Waals surface area contributed by atoms with Crippen molar-refractivity contribution in [1.29, 1.82) is 0 Å². The van der Waals surface area contributed by atoms with E-state index in [4.69, 9.17) is 4.74 Å². The lowest BCUT2D eigenvalue weighted by Gasteiger charge is -2.10. The summed E-state index contributed by atoms with van der Waals surface area (Å²) in [5.74, 6) is 0.0470. The summed E-state index contributed by atoms with van der Waals surface area (Å²) in [5.41, 5.74) is 4.65. The van der Waals surface area contributed by atoms with Crippen LogP contribution in [0.2, 0.25) is 0 Å². The maximum atomic E-state index is 12.3. The second-order valence-corrected chi connectivity index (χ2v) is 5.36. The molecule has 0 aliphatic rings. The maximum Gasteiger partial charge on any atom is 0.264 e. The lowest BCUT2D eigenvalue weighted by Crippen LogP contribution is -2.28. The van der Waals surface area contributed by atoms with Crippen LogP contribution in [0.3, 0.4) is 0 Å². The number of benzene rings is 2. The van der Waals surface area contributed by atoms with Gasteiger partial charge in [0.1, 0.15) is 11.6 Å². The highest BCUT2D eigenvalue weighted by Crippen LogP contribution is 2.25. The van der Waals surface area contributed by atoms with Gasteiger partial charge in [0, 0.05) is 0 Å². The van der Waals surface area contributed by atoms with Crippen LogP contribution >= 0.6 is 0 Å². The van der Waals surface area contributed by atoms with Crippen molar-refractivity contribution in [2.45, 2.75) is 13.0 Å². The second kappa shape index (κ2) is 7.00. The topological polar surface area (TPSA) is 102 Å². The predicted octanol–water partition coefficient (Wildman–Crippen LogP) is 1.86. The van der Waals surface area contributed by atoms with E-state index in [1.165, 1.54) is 19.4 Å². The molecule has 1 aromatic heterocycles. The molecule has 8 nitrogen and oxygen atoms in total. The number of fused-ring (bicyclic) bond motifs is 1. The van der Waals surface area contributed by atoms with Gasteiger partial charge in [-0.1, -0.05) is 17.3 Å². The van der Waals surface area contributed by atoms with Crippen molar-refractivity contribution >= 4 is 23.2 Å². The SMILES string of the molecule is COc1cc(/C=N/NC(=O)[C@H](C)n2nnc3ccccc32)ccc1O. The Labute approximate surface area is 143 Å². The third-order valence-electron chi connectivity index (χ3n) is 3.72. The van der Waals surface area contributed by atoms with E-state index in [-0.39, 0.29) is 11.7 Å². The maximum absolute atomic E-state index is 12.3. The molecular formula is C17H17N5O3. The van der Waals surface area contributed by atoms with Crippen LogP contribution in [0.25, 0.3) is 11.0 Å². The van der Waals surface area contributed by atoms with Crippen molar-refractivity contribution in [3.8, 4) is 11.5 Å². The number of nitrogens with one attached hydrogen (secondary N) is 1. The summed E-state index contributed by atoms with van der Waals surface area (Å²) >= 11 is 0. The first-order chi connectivity index (χ1) is 12.1. The molecule has 0 radical (unpaired) electrons. The van der Waals surface area contributed by atoms with E-state index in [0.717, 1.165) is 11.0 Å². The van der Waals surface area contributed by atoms with Gasteiger partial charge < -0.3 is 9.84 Å². The minimum Gasteiger partial charge on any atom is -0.504 e. The quantitative estimate of drug-likeness (QED) is 0.546. The molecule has 1 heterocycles. The first kappa shape index (κ1) is 16.4. The number of carbonyl (C=O) groups is 1. The van der Waals surface area contributed by atoms with Crippen molar-refractivity contribution in [3.05, 3.63) is 48.0 Å².